The second-order valence-corrected chi connectivity index (χ2v) is 35.9. The molecule has 2 aliphatic carbocycles. The van der Waals surface area contributed by atoms with Gasteiger partial charge in [-0.05, 0) is 314 Å². The summed E-state index contributed by atoms with van der Waals surface area (Å²) < 4.78 is 49.0. The van der Waals surface area contributed by atoms with Crippen LogP contribution in [-0.4, -0.2) is 0 Å². The van der Waals surface area contributed by atoms with Gasteiger partial charge < -0.3 is 23.7 Å². The van der Waals surface area contributed by atoms with Gasteiger partial charge in [0.05, 0.1) is 10.8 Å². The standard InChI is InChI=1S/C122H92F2N2O3/c1-9-79-25-61-103(62-26-79)127-105-65-45-93(46-66-105)121(91-41-37-89(38-42-91)119(3,4)5)113-23-13-11-21-107(113)109-69-57-101(77-115(109)121)125(97-53-33-83(34-54-97)87-19-15-17-85(73-87)81-29-49-95(123)50-30-81)99-59-71-117-111(75-99)112-76-100(60-72-118(112)129-117)126(98-55-35-84(36-56-98)88-20-16-18-86(74-88)82-31-51-96(124)52-32-82)102-58-70-110-108-22-12-14-24-114(108)122(116(110)78-102,92-43-39-90(40-44-92)120(6,7)8)94-47-67-106(68-48-94)128-104-63-27-80(10-2)28-64-104/h9-78H,1-2H2,3-8H3. The Morgan fingerprint density at radius 1 is 0.264 bits per heavy atom. The number of furan rings is 1. The van der Waals surface area contributed by atoms with Crippen molar-refractivity contribution in [3.05, 3.63) is 504 Å². The van der Waals surface area contributed by atoms with Gasteiger partial charge in [-0.2, -0.15) is 0 Å². The molecular formula is C122H92F2N2O3. The Hall–Kier alpha value is -15.7. The van der Waals surface area contributed by atoms with Crippen LogP contribution in [0.2, 0.25) is 0 Å². The van der Waals surface area contributed by atoms with E-state index in [0.29, 0.717) is 0 Å². The number of hydrogen-bond acceptors (Lipinski definition) is 5. The summed E-state index contributed by atoms with van der Waals surface area (Å²) in [5, 5.41) is 1.87. The lowest BCUT2D eigenvalue weighted by Crippen LogP contribution is -2.29. The van der Waals surface area contributed by atoms with Gasteiger partial charge in [-0.25, -0.2) is 8.78 Å². The minimum atomic E-state index is -0.806. The molecule has 0 bridgehead atoms. The highest BCUT2D eigenvalue weighted by atomic mass is 19.1. The molecule has 5 nitrogen and oxygen atoms in total. The molecule has 21 rings (SSSR count). The predicted molar refractivity (Wildman–Crippen MR) is 530 cm³/mol. The molecule has 1 heterocycles. The van der Waals surface area contributed by atoms with Crippen LogP contribution in [0.4, 0.5) is 42.9 Å². The summed E-state index contributed by atoms with van der Waals surface area (Å²) in [6.45, 7) is 21.6. The van der Waals surface area contributed by atoms with Crippen molar-refractivity contribution >= 4 is 68.2 Å². The third kappa shape index (κ3) is 14.6. The zero-order chi connectivity index (χ0) is 87.9. The van der Waals surface area contributed by atoms with E-state index >= 15 is 0 Å². The molecule has 7 heteroatoms. The maximum Gasteiger partial charge on any atom is 0.135 e. The summed E-state index contributed by atoms with van der Waals surface area (Å²) in [4.78, 5) is 4.78. The largest absolute Gasteiger partial charge is 0.457 e. The maximum atomic E-state index is 14.4. The fourth-order valence-electron chi connectivity index (χ4n) is 19.6. The lowest BCUT2D eigenvalue weighted by Gasteiger charge is -2.35. The second-order valence-electron chi connectivity index (χ2n) is 35.9. The molecule has 0 fully saturated rings. The molecule has 1 aromatic heterocycles. The lowest BCUT2D eigenvalue weighted by molar-refractivity contribution is 0.482. The maximum absolute atomic E-state index is 14.4. The third-order valence-corrected chi connectivity index (χ3v) is 26.2. The van der Waals surface area contributed by atoms with Gasteiger partial charge in [0.25, 0.3) is 0 Å². The molecule has 0 N–H and O–H groups in total. The first kappa shape index (κ1) is 80.4. The topological polar surface area (TPSA) is 38.1 Å². The first-order valence-electron chi connectivity index (χ1n) is 44.1. The van der Waals surface area contributed by atoms with Crippen molar-refractivity contribution in [1.29, 1.82) is 0 Å². The number of ether oxygens (including phenoxy) is 2. The Labute approximate surface area is 752 Å². The van der Waals surface area contributed by atoms with Gasteiger partial charge in [-0.15, -0.1) is 0 Å². The molecule has 2 unspecified atom stereocenters. The Morgan fingerprint density at radius 2 is 0.550 bits per heavy atom. The number of halogens is 2. The van der Waals surface area contributed by atoms with Crippen molar-refractivity contribution in [3.8, 4) is 89.8 Å². The van der Waals surface area contributed by atoms with E-state index in [1.807, 2.05) is 84.9 Å². The fourth-order valence-corrected chi connectivity index (χ4v) is 19.6. The smallest absolute Gasteiger partial charge is 0.135 e. The fraction of sp³-hybridized carbons (Fsp3) is 0.0820. The molecule has 18 aromatic carbocycles. The Bertz CT molecular complexity index is 7040. The molecular weight excluding hydrogens is 1580 g/mol. The van der Waals surface area contributed by atoms with Crippen molar-refractivity contribution in [2.45, 2.75) is 63.2 Å². The highest BCUT2D eigenvalue weighted by molar-refractivity contribution is 6.09. The zero-order valence-corrected chi connectivity index (χ0v) is 72.7. The van der Waals surface area contributed by atoms with E-state index in [-0.39, 0.29) is 22.5 Å². The Morgan fingerprint density at radius 3 is 0.884 bits per heavy atom. The number of benzene rings is 18. The van der Waals surface area contributed by atoms with Crippen LogP contribution in [0.25, 0.3) is 101 Å². The minimum absolute atomic E-state index is 0.0937. The van der Waals surface area contributed by atoms with E-state index in [0.717, 1.165) is 179 Å². The summed E-state index contributed by atoms with van der Waals surface area (Å²) in [6.07, 6.45) is 3.68. The lowest BCUT2D eigenvalue weighted by atomic mass is 9.67. The van der Waals surface area contributed by atoms with Gasteiger partial charge in [-0.1, -0.05) is 310 Å². The summed E-state index contributed by atoms with van der Waals surface area (Å²) in [5.74, 6) is 2.39. The molecule has 19 aromatic rings. The van der Waals surface area contributed by atoms with E-state index in [9.17, 15) is 8.78 Å². The van der Waals surface area contributed by atoms with Gasteiger partial charge in [0.2, 0.25) is 0 Å². The molecule has 622 valence electrons. The van der Waals surface area contributed by atoms with Crippen LogP contribution in [0.1, 0.15) is 108 Å². The van der Waals surface area contributed by atoms with Crippen LogP contribution in [0, 0.1) is 11.6 Å². The van der Waals surface area contributed by atoms with Crippen LogP contribution in [0.3, 0.4) is 0 Å². The quantitative estimate of drug-likeness (QED) is 0.0760. The molecule has 0 spiro atoms. The van der Waals surface area contributed by atoms with E-state index in [1.165, 1.54) is 57.6 Å². The summed E-state index contributed by atoms with van der Waals surface area (Å²) in [5.41, 5.74) is 31.6. The van der Waals surface area contributed by atoms with E-state index < -0.39 is 10.8 Å². The molecule has 2 atom stereocenters. The van der Waals surface area contributed by atoms with Crippen molar-refractivity contribution < 1.29 is 22.7 Å². The van der Waals surface area contributed by atoms with Gasteiger partial charge in [0.15, 0.2) is 0 Å². The van der Waals surface area contributed by atoms with Gasteiger partial charge in [0, 0.05) is 44.9 Å². The van der Waals surface area contributed by atoms with Gasteiger partial charge in [0.1, 0.15) is 45.8 Å². The monoisotopic (exact) mass is 1670 g/mol. The molecule has 0 saturated heterocycles. The minimum Gasteiger partial charge on any atom is -0.457 e. The molecule has 129 heavy (non-hydrogen) atoms. The van der Waals surface area contributed by atoms with Crippen molar-refractivity contribution in [2.75, 3.05) is 9.80 Å². The normalized spacial score (nSPS) is 14.3. The number of hydrogen-bond donors (Lipinski definition) is 0. The number of rotatable bonds is 20. The third-order valence-electron chi connectivity index (χ3n) is 26.2. The molecule has 0 saturated carbocycles. The first-order valence-corrected chi connectivity index (χ1v) is 44.1. The van der Waals surface area contributed by atoms with E-state index in [2.05, 4.69) is 380 Å². The average molecular weight is 1670 g/mol. The van der Waals surface area contributed by atoms with Crippen LogP contribution in [-0.2, 0) is 21.7 Å². The molecule has 0 radical (unpaired) electrons. The second kappa shape index (κ2) is 32.4. The average Bonchev–Trinajstić information content (AvgIpc) is 1.54. The highest BCUT2D eigenvalue weighted by Gasteiger charge is 2.49. The van der Waals surface area contributed by atoms with Crippen molar-refractivity contribution in [3.63, 3.8) is 0 Å². The number of nitrogens with zero attached hydrogens (tertiary/aromatic N) is 2. The molecule has 2 aliphatic rings. The van der Waals surface area contributed by atoms with Gasteiger partial charge >= 0.3 is 0 Å². The van der Waals surface area contributed by atoms with Crippen LogP contribution < -0.4 is 19.3 Å². The SMILES string of the molecule is C=Cc1ccc(Oc2ccc(C3(c4ccc(C(C)(C)C)cc4)c4ccccc4-c4ccc(N(c5ccc(-c6cccc(-c7ccc(F)cc7)c6)cc5)c5ccc6oc7ccc(N(c8ccc(-c9cccc(-c%10ccc(F)cc%10)c9)cc8)c8ccc9c(c8)C(c8ccc(Oc%10ccc(C=C)cc%10)cc8)(c8ccc(C(C)(C)C)cc8)c8ccccc8-9)cc7c6c5)cc43)cc2)cc1. The van der Waals surface area contributed by atoms with Crippen LogP contribution in [0.5, 0.6) is 23.0 Å². The first-order chi connectivity index (χ1) is 62.8. The van der Waals surface area contributed by atoms with Crippen molar-refractivity contribution in [1.82, 2.24) is 0 Å². The molecule has 0 amide bonds. The number of fused-ring (bicyclic) bond motifs is 9. The number of anilines is 6. The van der Waals surface area contributed by atoms with Crippen LogP contribution >= 0.6 is 0 Å². The van der Waals surface area contributed by atoms with Gasteiger partial charge in [-0.3, -0.25) is 0 Å². The Kier molecular flexibility index (Phi) is 20.2. The summed E-state index contributed by atoms with van der Waals surface area (Å²) in [6, 6.07) is 145. The van der Waals surface area contributed by atoms with E-state index in [4.69, 9.17) is 13.9 Å². The Balaban J connectivity index is 0.743. The molecule has 0 aliphatic heterocycles. The summed E-state index contributed by atoms with van der Waals surface area (Å²) in [7, 11) is 0. The predicted octanol–water partition coefficient (Wildman–Crippen LogP) is 33.7. The van der Waals surface area contributed by atoms with Crippen molar-refractivity contribution in [2.24, 2.45) is 0 Å². The summed E-state index contributed by atoms with van der Waals surface area (Å²) >= 11 is 0. The van der Waals surface area contributed by atoms with Crippen LogP contribution in [0.15, 0.2) is 430 Å². The zero-order valence-electron chi connectivity index (χ0n) is 72.7. The highest BCUT2D eigenvalue weighted by Crippen LogP contribution is 2.61. The van der Waals surface area contributed by atoms with E-state index in [1.54, 1.807) is 0 Å².